The van der Waals surface area contributed by atoms with Crippen LogP contribution in [0.2, 0.25) is 0 Å². The van der Waals surface area contributed by atoms with Crippen LogP contribution in [-0.2, 0) is 19.5 Å². The Hall–Kier alpha value is -2.37. The molecule has 0 spiro atoms. The van der Waals surface area contributed by atoms with E-state index in [9.17, 15) is 4.79 Å². The molecule has 0 unspecified atom stereocenters. The zero-order valence-electron chi connectivity index (χ0n) is 11.3. The van der Waals surface area contributed by atoms with Gasteiger partial charge in [-0.25, -0.2) is 14.5 Å². The van der Waals surface area contributed by atoms with Gasteiger partial charge in [0.1, 0.15) is 12.2 Å². The molecule has 1 aliphatic rings. The first kappa shape index (κ1) is 12.7. The predicted octanol–water partition coefficient (Wildman–Crippen LogP) is 1.56. The van der Waals surface area contributed by atoms with Gasteiger partial charge in [0.25, 0.3) is 0 Å². The topological polar surface area (TPSA) is 71.2 Å². The van der Waals surface area contributed by atoms with Gasteiger partial charge in [0, 0.05) is 18.8 Å². The number of fused-ring (bicyclic) bond motifs is 1. The van der Waals surface area contributed by atoms with Gasteiger partial charge in [-0.15, -0.1) is 0 Å². The average molecular weight is 272 g/mol. The number of benzene rings is 1. The maximum atomic E-state index is 11.0. The second-order valence-electron chi connectivity index (χ2n) is 4.81. The van der Waals surface area contributed by atoms with Crippen molar-refractivity contribution in [3.05, 3.63) is 41.5 Å². The van der Waals surface area contributed by atoms with Crippen LogP contribution in [0.4, 0.5) is 5.69 Å². The molecule has 2 heterocycles. The van der Waals surface area contributed by atoms with Crippen molar-refractivity contribution < 1.29 is 9.90 Å². The number of aromatic carboxylic acids is 1. The summed E-state index contributed by atoms with van der Waals surface area (Å²) in [5.74, 6) is 0.0552. The largest absolute Gasteiger partial charge is 0.478 e. The van der Waals surface area contributed by atoms with Gasteiger partial charge in [0.05, 0.1) is 12.1 Å². The Bertz CT molecular complexity index is 650. The number of carboxylic acid groups (broad SMARTS) is 1. The number of hydrogen-bond acceptors (Lipinski definition) is 4. The van der Waals surface area contributed by atoms with Crippen LogP contribution >= 0.6 is 0 Å². The molecule has 1 aliphatic heterocycles. The van der Waals surface area contributed by atoms with Gasteiger partial charge in [-0.1, -0.05) is 0 Å². The minimum atomic E-state index is -0.878. The number of aromatic nitrogens is 3. The molecule has 0 atom stereocenters. The van der Waals surface area contributed by atoms with E-state index in [2.05, 4.69) is 15.0 Å². The Kier molecular flexibility index (Phi) is 3.14. The highest BCUT2D eigenvalue weighted by Crippen LogP contribution is 2.29. The van der Waals surface area contributed by atoms with Crippen molar-refractivity contribution in [2.75, 3.05) is 11.4 Å². The van der Waals surface area contributed by atoms with Gasteiger partial charge in [-0.3, -0.25) is 0 Å². The van der Waals surface area contributed by atoms with Gasteiger partial charge in [-0.2, -0.15) is 5.10 Å². The van der Waals surface area contributed by atoms with Gasteiger partial charge in [-0.05, 0) is 37.1 Å². The third kappa shape index (κ3) is 2.13. The molecule has 3 rings (SSSR count). The molecule has 0 aliphatic carbocycles. The number of carbonyl (C=O) groups is 1. The highest BCUT2D eigenvalue weighted by atomic mass is 16.4. The lowest BCUT2D eigenvalue weighted by molar-refractivity contribution is 0.0697. The van der Waals surface area contributed by atoms with Crippen molar-refractivity contribution in [1.82, 2.24) is 14.8 Å². The Morgan fingerprint density at radius 1 is 1.45 bits per heavy atom. The zero-order valence-corrected chi connectivity index (χ0v) is 11.3. The van der Waals surface area contributed by atoms with Gasteiger partial charge >= 0.3 is 5.97 Å². The summed E-state index contributed by atoms with van der Waals surface area (Å²) in [4.78, 5) is 17.5. The Balaban J connectivity index is 1.84. The van der Waals surface area contributed by atoms with Gasteiger partial charge in [0.2, 0.25) is 0 Å². The van der Waals surface area contributed by atoms with E-state index in [0.717, 1.165) is 36.6 Å². The quantitative estimate of drug-likeness (QED) is 0.914. The molecule has 1 N–H and O–H groups in total. The molecule has 0 saturated heterocycles. The monoisotopic (exact) mass is 272 g/mol. The van der Waals surface area contributed by atoms with E-state index in [0.29, 0.717) is 12.1 Å². The fraction of sp³-hybridized carbons (Fsp3) is 0.357. The molecule has 0 fully saturated rings. The summed E-state index contributed by atoms with van der Waals surface area (Å²) in [6, 6.07) is 5.31. The van der Waals surface area contributed by atoms with Crippen molar-refractivity contribution in [2.45, 2.75) is 26.4 Å². The standard InChI is InChI=1S/C14H16N4O2/c1-2-18-13(15-9-16-18)8-17-6-5-10-7-11(14(19)20)3-4-12(10)17/h3-4,7,9H,2,5-6,8H2,1H3,(H,19,20). The summed E-state index contributed by atoms with van der Waals surface area (Å²) in [6.45, 7) is 4.42. The summed E-state index contributed by atoms with van der Waals surface area (Å²) >= 11 is 0. The minimum absolute atomic E-state index is 0.349. The fourth-order valence-corrected chi connectivity index (χ4v) is 2.61. The fourth-order valence-electron chi connectivity index (χ4n) is 2.61. The summed E-state index contributed by atoms with van der Waals surface area (Å²) in [5.41, 5.74) is 2.54. The van der Waals surface area contributed by atoms with Crippen molar-refractivity contribution in [2.24, 2.45) is 0 Å². The number of anilines is 1. The van der Waals surface area contributed by atoms with Crippen LogP contribution in [0.15, 0.2) is 24.5 Å². The van der Waals surface area contributed by atoms with E-state index < -0.39 is 5.97 Å². The maximum Gasteiger partial charge on any atom is 0.335 e. The summed E-state index contributed by atoms with van der Waals surface area (Å²) in [7, 11) is 0. The normalized spacial score (nSPS) is 13.6. The van der Waals surface area contributed by atoms with E-state index >= 15 is 0 Å². The minimum Gasteiger partial charge on any atom is -0.478 e. The summed E-state index contributed by atoms with van der Waals surface area (Å²) in [5, 5.41) is 13.2. The van der Waals surface area contributed by atoms with Crippen LogP contribution in [0.3, 0.4) is 0 Å². The number of carboxylic acids is 1. The lowest BCUT2D eigenvalue weighted by Gasteiger charge is -2.19. The van der Waals surface area contributed by atoms with E-state index in [1.807, 2.05) is 17.7 Å². The summed E-state index contributed by atoms with van der Waals surface area (Å²) in [6.07, 6.45) is 2.44. The molecule has 1 aromatic carbocycles. The maximum absolute atomic E-state index is 11.0. The molecule has 6 nitrogen and oxygen atoms in total. The molecule has 0 amide bonds. The van der Waals surface area contributed by atoms with Gasteiger partial charge in [0.15, 0.2) is 0 Å². The number of hydrogen-bond donors (Lipinski definition) is 1. The first-order chi connectivity index (χ1) is 9.69. The Morgan fingerprint density at radius 3 is 3.05 bits per heavy atom. The van der Waals surface area contributed by atoms with Crippen LogP contribution < -0.4 is 4.90 Å². The van der Waals surface area contributed by atoms with Crippen LogP contribution in [-0.4, -0.2) is 32.4 Å². The number of rotatable bonds is 4. The Labute approximate surface area is 116 Å². The summed E-state index contributed by atoms with van der Waals surface area (Å²) < 4.78 is 1.88. The van der Waals surface area contributed by atoms with E-state index in [4.69, 9.17) is 5.11 Å². The highest BCUT2D eigenvalue weighted by molar-refractivity contribution is 5.88. The average Bonchev–Trinajstić information content (AvgIpc) is 3.05. The molecule has 1 aromatic heterocycles. The zero-order chi connectivity index (χ0) is 14.1. The lowest BCUT2D eigenvalue weighted by atomic mass is 10.1. The Morgan fingerprint density at radius 2 is 2.30 bits per heavy atom. The molecular weight excluding hydrogens is 256 g/mol. The molecule has 0 radical (unpaired) electrons. The van der Waals surface area contributed by atoms with Crippen LogP contribution in [0, 0.1) is 0 Å². The van der Waals surface area contributed by atoms with E-state index in [-0.39, 0.29) is 0 Å². The molecule has 20 heavy (non-hydrogen) atoms. The third-order valence-electron chi connectivity index (χ3n) is 3.65. The first-order valence-electron chi connectivity index (χ1n) is 6.67. The lowest BCUT2D eigenvalue weighted by Crippen LogP contribution is -2.22. The molecule has 0 saturated carbocycles. The molecule has 104 valence electrons. The third-order valence-corrected chi connectivity index (χ3v) is 3.65. The highest BCUT2D eigenvalue weighted by Gasteiger charge is 2.21. The van der Waals surface area contributed by atoms with Crippen LogP contribution in [0.5, 0.6) is 0 Å². The smallest absolute Gasteiger partial charge is 0.335 e. The molecule has 6 heteroatoms. The van der Waals surface area contributed by atoms with E-state index in [1.165, 1.54) is 0 Å². The second kappa shape index (κ2) is 4.96. The van der Waals surface area contributed by atoms with Crippen LogP contribution in [0.25, 0.3) is 0 Å². The first-order valence-corrected chi connectivity index (χ1v) is 6.67. The number of nitrogens with zero attached hydrogens (tertiary/aromatic N) is 4. The van der Waals surface area contributed by atoms with Crippen molar-refractivity contribution in [1.29, 1.82) is 0 Å². The van der Waals surface area contributed by atoms with Gasteiger partial charge < -0.3 is 10.0 Å². The van der Waals surface area contributed by atoms with Crippen molar-refractivity contribution >= 4 is 11.7 Å². The van der Waals surface area contributed by atoms with E-state index in [1.54, 1.807) is 18.5 Å². The molecular formula is C14H16N4O2. The van der Waals surface area contributed by atoms with Crippen LogP contribution in [0.1, 0.15) is 28.7 Å². The molecule has 0 bridgehead atoms. The predicted molar refractivity (Wildman–Crippen MR) is 73.9 cm³/mol. The molecule has 2 aromatic rings. The SMILES string of the molecule is CCn1ncnc1CN1CCc2cc(C(=O)O)ccc21. The van der Waals surface area contributed by atoms with Crippen molar-refractivity contribution in [3.8, 4) is 0 Å². The second-order valence-corrected chi connectivity index (χ2v) is 4.81. The van der Waals surface area contributed by atoms with Crippen molar-refractivity contribution in [3.63, 3.8) is 0 Å². The number of aryl methyl sites for hydroxylation is 1.